The SMILES string of the molecule is O=C1OC(=O)C23CC4C5CC12C3C54. The molecule has 3 nitrogen and oxygen atoms in total. The molecule has 4 saturated carbocycles. The van der Waals surface area contributed by atoms with Crippen LogP contribution in [0.25, 0.3) is 0 Å². The first-order valence-electron chi connectivity index (χ1n) is 5.00. The van der Waals surface area contributed by atoms with Gasteiger partial charge in [0.2, 0.25) is 0 Å². The highest BCUT2D eigenvalue weighted by Gasteiger charge is 3.02. The number of cyclic esters (lactones) is 2. The van der Waals surface area contributed by atoms with Crippen LogP contribution in [0.15, 0.2) is 0 Å². The maximum Gasteiger partial charge on any atom is 0.321 e. The zero-order chi connectivity index (χ0) is 8.59. The molecule has 13 heavy (non-hydrogen) atoms. The molecule has 5 fully saturated rings. The third kappa shape index (κ3) is 0.275. The van der Waals surface area contributed by atoms with Crippen molar-refractivity contribution in [2.75, 3.05) is 0 Å². The number of ether oxygens (including phenoxy) is 1. The summed E-state index contributed by atoms with van der Waals surface area (Å²) in [6.07, 6.45) is 1.94. The topological polar surface area (TPSA) is 43.4 Å². The van der Waals surface area contributed by atoms with Crippen LogP contribution in [0.1, 0.15) is 12.8 Å². The van der Waals surface area contributed by atoms with E-state index < -0.39 is 0 Å². The summed E-state index contributed by atoms with van der Waals surface area (Å²) in [7, 11) is 0. The summed E-state index contributed by atoms with van der Waals surface area (Å²) in [5.41, 5.74) is -0.567. The lowest BCUT2D eigenvalue weighted by Crippen LogP contribution is -2.23. The van der Waals surface area contributed by atoms with Crippen molar-refractivity contribution in [1.82, 2.24) is 0 Å². The second-order valence-electron chi connectivity index (χ2n) is 5.41. The summed E-state index contributed by atoms with van der Waals surface area (Å²) in [4.78, 5) is 23.2. The van der Waals surface area contributed by atoms with Crippen molar-refractivity contribution < 1.29 is 14.3 Å². The van der Waals surface area contributed by atoms with Crippen molar-refractivity contribution in [2.45, 2.75) is 12.8 Å². The second-order valence-corrected chi connectivity index (χ2v) is 5.41. The van der Waals surface area contributed by atoms with Gasteiger partial charge in [0.1, 0.15) is 0 Å². The molecule has 0 aromatic heterocycles. The third-order valence-electron chi connectivity index (χ3n) is 5.59. The van der Waals surface area contributed by atoms with Gasteiger partial charge in [-0.05, 0) is 36.5 Å². The zero-order valence-electron chi connectivity index (χ0n) is 6.95. The van der Waals surface area contributed by atoms with Crippen LogP contribution >= 0.6 is 0 Å². The van der Waals surface area contributed by atoms with E-state index >= 15 is 0 Å². The number of carbonyl (C=O) groups excluding carboxylic acids is 2. The molecule has 0 aromatic rings. The quantitative estimate of drug-likeness (QED) is 0.395. The fourth-order valence-corrected chi connectivity index (χ4v) is 5.25. The molecule has 0 amide bonds. The highest BCUT2D eigenvalue weighted by molar-refractivity contribution is 6.09. The summed E-state index contributed by atoms with van der Waals surface area (Å²) in [5.74, 6) is 2.34. The van der Waals surface area contributed by atoms with Gasteiger partial charge >= 0.3 is 11.9 Å². The van der Waals surface area contributed by atoms with Crippen LogP contribution in [0.5, 0.6) is 0 Å². The Bertz CT molecular complexity index is 378. The number of fused-ring (bicyclic) bond motifs is 1. The Morgan fingerprint density at radius 2 is 1.62 bits per heavy atom. The molecule has 0 bridgehead atoms. The summed E-state index contributed by atoms with van der Waals surface area (Å²) in [5, 5.41) is 0. The van der Waals surface area contributed by atoms with E-state index in [-0.39, 0.29) is 22.8 Å². The summed E-state index contributed by atoms with van der Waals surface area (Å²) >= 11 is 0. The average molecular weight is 176 g/mol. The normalized spacial score (nSPS) is 73.5. The Balaban J connectivity index is 1.87. The molecular weight excluding hydrogens is 168 g/mol. The van der Waals surface area contributed by atoms with Gasteiger partial charge < -0.3 is 4.74 Å². The first-order valence-corrected chi connectivity index (χ1v) is 5.00. The van der Waals surface area contributed by atoms with E-state index in [0.717, 1.165) is 30.6 Å². The lowest BCUT2D eigenvalue weighted by Gasteiger charge is -2.16. The summed E-state index contributed by atoms with van der Waals surface area (Å²) < 4.78 is 4.78. The molecule has 0 radical (unpaired) electrons. The van der Waals surface area contributed by atoms with E-state index in [1.54, 1.807) is 0 Å². The molecule has 1 saturated heterocycles. The zero-order valence-corrected chi connectivity index (χ0v) is 6.95. The van der Waals surface area contributed by atoms with Gasteiger partial charge in [0, 0.05) is 0 Å². The van der Waals surface area contributed by atoms with Gasteiger partial charge in [-0.1, -0.05) is 0 Å². The van der Waals surface area contributed by atoms with Crippen molar-refractivity contribution in [3.05, 3.63) is 0 Å². The predicted molar refractivity (Wildman–Crippen MR) is 39.2 cm³/mol. The van der Waals surface area contributed by atoms with Gasteiger partial charge in [-0.15, -0.1) is 0 Å². The van der Waals surface area contributed by atoms with Crippen LogP contribution in [0.3, 0.4) is 0 Å². The first-order chi connectivity index (χ1) is 6.23. The minimum atomic E-state index is -0.284. The Hall–Kier alpha value is -0.860. The maximum atomic E-state index is 11.6. The average Bonchev–Trinajstić information content (AvgIpc) is 2.78. The molecule has 4 unspecified atom stereocenters. The van der Waals surface area contributed by atoms with Gasteiger partial charge in [-0.25, -0.2) is 0 Å². The van der Waals surface area contributed by atoms with Crippen molar-refractivity contribution in [2.24, 2.45) is 34.5 Å². The number of hydrogen-bond acceptors (Lipinski definition) is 3. The van der Waals surface area contributed by atoms with Crippen LogP contribution < -0.4 is 0 Å². The van der Waals surface area contributed by atoms with E-state index in [0.29, 0.717) is 5.92 Å². The molecule has 5 aliphatic rings. The highest BCUT2D eigenvalue weighted by atomic mass is 16.6. The smallest absolute Gasteiger partial charge is 0.321 e. The number of rotatable bonds is 0. The van der Waals surface area contributed by atoms with Gasteiger partial charge in [-0.2, -0.15) is 0 Å². The highest BCUT2D eigenvalue weighted by Crippen LogP contribution is 2.97. The van der Waals surface area contributed by atoms with Gasteiger partial charge in [0.15, 0.2) is 0 Å². The lowest BCUT2D eigenvalue weighted by molar-refractivity contribution is -0.159. The fourth-order valence-electron chi connectivity index (χ4n) is 5.25. The summed E-state index contributed by atoms with van der Waals surface area (Å²) in [6, 6.07) is 0. The van der Waals surface area contributed by atoms with E-state index in [9.17, 15) is 9.59 Å². The molecule has 1 heterocycles. The second kappa shape index (κ2) is 1.11. The molecule has 4 atom stereocenters. The van der Waals surface area contributed by atoms with Gasteiger partial charge in [-0.3, -0.25) is 9.59 Å². The Morgan fingerprint density at radius 1 is 1.08 bits per heavy atom. The standard InChI is InChI=1S/C10H8O3/c11-7-9-1-3-4-2-10(9,8(12)13-7)6(9)5(3)4/h3-6H,1-2H2. The van der Waals surface area contributed by atoms with Crippen molar-refractivity contribution >= 4 is 11.9 Å². The maximum absolute atomic E-state index is 11.6. The molecule has 0 aromatic carbocycles. The molecule has 5 rings (SSSR count). The van der Waals surface area contributed by atoms with Crippen LogP contribution in [-0.4, -0.2) is 11.9 Å². The number of esters is 2. The molecule has 4 aliphatic carbocycles. The predicted octanol–water partition coefficient (Wildman–Crippen LogP) is 0.342. The van der Waals surface area contributed by atoms with Gasteiger partial charge in [0.25, 0.3) is 0 Å². The van der Waals surface area contributed by atoms with Crippen LogP contribution in [0, 0.1) is 34.5 Å². The van der Waals surface area contributed by atoms with Crippen LogP contribution in [0.4, 0.5) is 0 Å². The van der Waals surface area contributed by atoms with E-state index in [2.05, 4.69) is 0 Å². The van der Waals surface area contributed by atoms with E-state index in [1.165, 1.54) is 0 Å². The first kappa shape index (κ1) is 5.78. The van der Waals surface area contributed by atoms with Crippen molar-refractivity contribution in [3.8, 4) is 0 Å². The Labute approximate surface area is 74.4 Å². The minimum Gasteiger partial charge on any atom is -0.392 e. The minimum absolute atomic E-state index is 0.187. The van der Waals surface area contributed by atoms with E-state index in [4.69, 9.17) is 4.74 Å². The molecule has 3 heteroatoms. The van der Waals surface area contributed by atoms with Crippen LogP contribution in [-0.2, 0) is 14.3 Å². The molecule has 0 N–H and O–H groups in total. The third-order valence-corrected chi connectivity index (χ3v) is 5.59. The number of carbonyl (C=O) groups is 2. The molecule has 66 valence electrons. The summed E-state index contributed by atoms with van der Waals surface area (Å²) in [6.45, 7) is 0. The lowest BCUT2D eigenvalue weighted by atomic mass is 9.81. The largest absolute Gasteiger partial charge is 0.392 e. The van der Waals surface area contributed by atoms with Crippen molar-refractivity contribution in [1.29, 1.82) is 0 Å². The van der Waals surface area contributed by atoms with E-state index in [1.807, 2.05) is 0 Å². The fraction of sp³-hybridized carbons (Fsp3) is 0.800. The van der Waals surface area contributed by atoms with Crippen molar-refractivity contribution in [3.63, 3.8) is 0 Å². The molecule has 1 aliphatic heterocycles. The van der Waals surface area contributed by atoms with Crippen LogP contribution in [0.2, 0.25) is 0 Å². The monoisotopic (exact) mass is 176 g/mol. The van der Waals surface area contributed by atoms with Gasteiger partial charge in [0.05, 0.1) is 10.8 Å². The molecule has 2 spiro atoms. The Morgan fingerprint density at radius 3 is 2.08 bits per heavy atom. The molecular formula is C10H8O3. The Kier molecular flexibility index (Phi) is 0.493. The number of hydrogen-bond donors (Lipinski definition) is 0.